The largest absolute Gasteiger partial charge is 0.493 e. The summed E-state index contributed by atoms with van der Waals surface area (Å²) >= 11 is 0. The highest BCUT2D eigenvalue weighted by Crippen LogP contribution is 2.42. The molecule has 4 rings (SSSR count). The number of aromatic carboxylic acids is 1. The number of para-hydroxylation sites is 1. The van der Waals surface area contributed by atoms with Crippen LogP contribution in [0.5, 0.6) is 5.75 Å². The maximum Gasteiger partial charge on any atom is 0.336 e. The van der Waals surface area contributed by atoms with Gasteiger partial charge in [0.05, 0.1) is 17.7 Å². The summed E-state index contributed by atoms with van der Waals surface area (Å²) < 4.78 is 6.04. The Bertz CT molecular complexity index is 1000. The number of amides is 1. The van der Waals surface area contributed by atoms with E-state index in [4.69, 9.17) is 4.74 Å². The zero-order chi connectivity index (χ0) is 24.1. The number of hydrogen-bond acceptors (Lipinski definition) is 4. The van der Waals surface area contributed by atoms with Gasteiger partial charge in [-0.2, -0.15) is 0 Å². The van der Waals surface area contributed by atoms with Gasteiger partial charge in [-0.25, -0.2) is 4.79 Å². The minimum Gasteiger partial charge on any atom is -0.493 e. The average Bonchev–Trinajstić information content (AvgIpc) is 2.85. The lowest BCUT2D eigenvalue weighted by atomic mass is 9.71. The van der Waals surface area contributed by atoms with E-state index < -0.39 is 5.97 Å². The maximum atomic E-state index is 13.0. The summed E-state index contributed by atoms with van der Waals surface area (Å²) in [5, 5.41) is 9.43. The molecule has 1 amide bonds. The zero-order valence-electron chi connectivity index (χ0n) is 20.3. The van der Waals surface area contributed by atoms with Crippen LogP contribution in [0.2, 0.25) is 0 Å². The van der Waals surface area contributed by atoms with Gasteiger partial charge in [0.1, 0.15) is 5.75 Å². The van der Waals surface area contributed by atoms with Crippen LogP contribution < -0.4 is 4.74 Å². The lowest BCUT2D eigenvalue weighted by Crippen LogP contribution is -2.48. The molecule has 34 heavy (non-hydrogen) atoms. The molecule has 1 N–H and O–H groups in total. The second-order valence-corrected chi connectivity index (χ2v) is 10.2. The van der Waals surface area contributed by atoms with E-state index in [0.717, 1.165) is 57.7 Å². The topological polar surface area (TPSA) is 70.1 Å². The van der Waals surface area contributed by atoms with E-state index in [1.807, 2.05) is 11.0 Å². The molecule has 182 valence electrons. The molecule has 6 heteroatoms. The lowest BCUT2D eigenvalue weighted by molar-refractivity contribution is 0.0281. The van der Waals surface area contributed by atoms with Crippen LogP contribution in [0, 0.1) is 11.3 Å². The van der Waals surface area contributed by atoms with Crippen molar-refractivity contribution < 1.29 is 19.4 Å². The minimum atomic E-state index is -1.05. The van der Waals surface area contributed by atoms with Crippen molar-refractivity contribution in [3.8, 4) is 5.75 Å². The highest BCUT2D eigenvalue weighted by Gasteiger charge is 2.39. The van der Waals surface area contributed by atoms with Crippen LogP contribution in [-0.4, -0.2) is 59.6 Å². The Kier molecular flexibility index (Phi) is 7.57. The molecule has 2 aliphatic rings. The van der Waals surface area contributed by atoms with E-state index in [1.54, 1.807) is 18.2 Å². The first-order valence-electron chi connectivity index (χ1n) is 12.4. The summed E-state index contributed by atoms with van der Waals surface area (Å²) in [6.45, 7) is 9.44. The van der Waals surface area contributed by atoms with Gasteiger partial charge < -0.3 is 14.7 Å². The second kappa shape index (κ2) is 10.6. The number of carboxylic acids is 1. The van der Waals surface area contributed by atoms with Crippen molar-refractivity contribution in [1.82, 2.24) is 9.80 Å². The highest BCUT2D eigenvalue weighted by atomic mass is 16.5. The summed E-state index contributed by atoms with van der Waals surface area (Å²) in [7, 11) is 0. The lowest BCUT2D eigenvalue weighted by Gasteiger charge is -2.47. The first-order valence-corrected chi connectivity index (χ1v) is 12.4. The Morgan fingerprint density at radius 2 is 1.50 bits per heavy atom. The van der Waals surface area contributed by atoms with E-state index in [-0.39, 0.29) is 16.9 Å². The van der Waals surface area contributed by atoms with Gasteiger partial charge in [-0.3, -0.25) is 9.69 Å². The number of rotatable bonds is 7. The Morgan fingerprint density at radius 1 is 0.912 bits per heavy atom. The van der Waals surface area contributed by atoms with Crippen molar-refractivity contribution in [2.24, 2.45) is 11.3 Å². The first-order chi connectivity index (χ1) is 16.4. The number of carbonyl (C=O) groups excluding carboxylic acids is 1. The van der Waals surface area contributed by atoms with Crippen molar-refractivity contribution in [3.63, 3.8) is 0 Å². The number of carbonyl (C=O) groups is 2. The van der Waals surface area contributed by atoms with Crippen molar-refractivity contribution in [2.45, 2.75) is 46.1 Å². The van der Waals surface area contributed by atoms with Gasteiger partial charge in [0, 0.05) is 25.2 Å². The van der Waals surface area contributed by atoms with E-state index in [0.29, 0.717) is 24.6 Å². The fraction of sp³-hybridized carbons (Fsp3) is 0.500. The van der Waals surface area contributed by atoms with Crippen LogP contribution in [0.1, 0.15) is 65.8 Å². The Morgan fingerprint density at radius 3 is 2.15 bits per heavy atom. The Balaban J connectivity index is 1.31. The number of ether oxygens (including phenoxy) is 1. The number of carboxylic acid groups (broad SMARTS) is 1. The predicted octanol–water partition coefficient (Wildman–Crippen LogP) is 4.94. The van der Waals surface area contributed by atoms with Crippen LogP contribution in [-0.2, 0) is 6.54 Å². The van der Waals surface area contributed by atoms with Gasteiger partial charge in [0.15, 0.2) is 0 Å². The number of hydrogen-bond donors (Lipinski definition) is 1. The molecule has 0 atom stereocenters. The fourth-order valence-electron chi connectivity index (χ4n) is 5.17. The van der Waals surface area contributed by atoms with E-state index >= 15 is 0 Å². The SMILES string of the molecule is CC(C)COc1ccccc1CN1CCC2(CC1)CCN(C(=O)c1ccccc1C(=O)O)CC2. The smallest absolute Gasteiger partial charge is 0.336 e. The molecule has 2 heterocycles. The molecule has 2 aliphatic heterocycles. The Labute approximate surface area is 202 Å². The molecule has 2 saturated heterocycles. The van der Waals surface area contributed by atoms with Gasteiger partial charge in [-0.15, -0.1) is 0 Å². The van der Waals surface area contributed by atoms with Crippen molar-refractivity contribution in [1.29, 1.82) is 0 Å². The molecule has 2 fully saturated rings. The van der Waals surface area contributed by atoms with Gasteiger partial charge in [-0.05, 0) is 68.3 Å². The maximum absolute atomic E-state index is 13.0. The summed E-state index contributed by atoms with van der Waals surface area (Å²) in [5.74, 6) is 0.271. The molecule has 0 saturated carbocycles. The summed E-state index contributed by atoms with van der Waals surface area (Å²) in [6.07, 6.45) is 4.23. The zero-order valence-corrected chi connectivity index (χ0v) is 20.3. The molecule has 0 radical (unpaired) electrons. The number of benzene rings is 2. The molecule has 2 aromatic rings. The minimum absolute atomic E-state index is 0.0822. The quantitative estimate of drug-likeness (QED) is 0.629. The molecular formula is C28H36N2O4. The molecular weight excluding hydrogens is 428 g/mol. The molecule has 0 bridgehead atoms. The van der Waals surface area contributed by atoms with Crippen molar-refractivity contribution >= 4 is 11.9 Å². The third-order valence-corrected chi connectivity index (χ3v) is 7.35. The van der Waals surface area contributed by atoms with E-state index in [9.17, 15) is 14.7 Å². The fourth-order valence-corrected chi connectivity index (χ4v) is 5.17. The van der Waals surface area contributed by atoms with Gasteiger partial charge >= 0.3 is 5.97 Å². The van der Waals surface area contributed by atoms with Crippen LogP contribution in [0.15, 0.2) is 48.5 Å². The van der Waals surface area contributed by atoms with Crippen molar-refractivity contribution in [3.05, 3.63) is 65.2 Å². The van der Waals surface area contributed by atoms with E-state index in [2.05, 4.69) is 36.9 Å². The molecule has 6 nitrogen and oxygen atoms in total. The van der Waals surface area contributed by atoms with Crippen molar-refractivity contribution in [2.75, 3.05) is 32.8 Å². The third kappa shape index (κ3) is 5.61. The summed E-state index contributed by atoms with van der Waals surface area (Å²) in [5.41, 5.74) is 1.90. The standard InChI is InChI=1S/C28H36N2O4/c1-21(2)20-34-25-10-6-3-7-22(25)19-29-15-11-28(12-16-29)13-17-30(18-14-28)26(31)23-8-4-5-9-24(23)27(32)33/h3-10,21H,11-20H2,1-2H3,(H,32,33). The first kappa shape index (κ1) is 24.3. The number of likely N-dealkylation sites (tertiary alicyclic amines) is 2. The average molecular weight is 465 g/mol. The van der Waals surface area contributed by atoms with Gasteiger partial charge in [0.2, 0.25) is 0 Å². The summed E-state index contributed by atoms with van der Waals surface area (Å²) in [4.78, 5) is 28.9. The van der Waals surface area contributed by atoms with Crippen LogP contribution in [0.4, 0.5) is 0 Å². The van der Waals surface area contributed by atoms with Crippen LogP contribution >= 0.6 is 0 Å². The molecule has 0 unspecified atom stereocenters. The molecule has 1 spiro atoms. The van der Waals surface area contributed by atoms with Gasteiger partial charge in [-0.1, -0.05) is 44.2 Å². The van der Waals surface area contributed by atoms with E-state index in [1.165, 1.54) is 11.6 Å². The molecule has 0 aliphatic carbocycles. The Hall–Kier alpha value is -2.86. The normalized spacial score (nSPS) is 18.3. The van der Waals surface area contributed by atoms with Crippen LogP contribution in [0.3, 0.4) is 0 Å². The third-order valence-electron chi connectivity index (χ3n) is 7.35. The molecule has 2 aromatic carbocycles. The van der Waals surface area contributed by atoms with Gasteiger partial charge in [0.25, 0.3) is 5.91 Å². The highest BCUT2D eigenvalue weighted by molar-refractivity contribution is 6.04. The number of nitrogens with zero attached hydrogens (tertiary/aromatic N) is 2. The number of piperidine rings is 2. The monoisotopic (exact) mass is 464 g/mol. The molecule has 0 aromatic heterocycles. The van der Waals surface area contributed by atoms with Crippen LogP contribution in [0.25, 0.3) is 0 Å². The second-order valence-electron chi connectivity index (χ2n) is 10.2. The predicted molar refractivity (Wildman–Crippen MR) is 132 cm³/mol. The summed E-state index contributed by atoms with van der Waals surface area (Å²) in [6, 6.07) is 14.9.